The predicted octanol–water partition coefficient (Wildman–Crippen LogP) is 1.80. The lowest BCUT2D eigenvalue weighted by Crippen LogP contribution is -2.49. The highest BCUT2D eigenvalue weighted by molar-refractivity contribution is 7.99. The number of imide groups is 1. The molecule has 0 aliphatic carbocycles. The molecule has 0 bridgehead atoms. The minimum Gasteiger partial charge on any atom is -0.394 e. The van der Waals surface area contributed by atoms with Crippen molar-refractivity contribution in [3.8, 4) is 0 Å². The lowest BCUT2D eigenvalue weighted by atomic mass is 10.1. The van der Waals surface area contributed by atoms with Crippen LogP contribution in [-0.4, -0.2) is 51.4 Å². The first-order valence-electron chi connectivity index (χ1n) is 7.57. The summed E-state index contributed by atoms with van der Waals surface area (Å²) in [6.07, 6.45) is -1.19. The zero-order valence-electron chi connectivity index (χ0n) is 12.8. The van der Waals surface area contributed by atoms with Gasteiger partial charge in [-0.2, -0.15) is 0 Å². The van der Waals surface area contributed by atoms with E-state index in [0.717, 1.165) is 9.80 Å². The van der Waals surface area contributed by atoms with E-state index in [1.54, 1.807) is 24.3 Å². The fourth-order valence-electron chi connectivity index (χ4n) is 2.69. The van der Waals surface area contributed by atoms with Gasteiger partial charge in [0.2, 0.25) is 0 Å². The molecule has 0 fully saturated rings. The van der Waals surface area contributed by atoms with Crippen molar-refractivity contribution >= 4 is 23.6 Å². The summed E-state index contributed by atoms with van der Waals surface area (Å²) in [6, 6.07) is 15.3. The van der Waals surface area contributed by atoms with Gasteiger partial charge in [-0.25, -0.2) is 0 Å². The molecular weight excluding hydrogens is 326 g/mol. The summed E-state index contributed by atoms with van der Waals surface area (Å²) in [5.41, 5.74) is 0.671. The van der Waals surface area contributed by atoms with Crippen LogP contribution in [0.15, 0.2) is 59.5 Å². The number of rotatable bonds is 6. The molecule has 2 aromatic carbocycles. The molecular formula is C18H17NO4S. The number of benzene rings is 2. The molecule has 5 nitrogen and oxygen atoms in total. The Bertz CT molecular complexity index is 715. The summed E-state index contributed by atoms with van der Waals surface area (Å²) in [4.78, 5) is 27.2. The summed E-state index contributed by atoms with van der Waals surface area (Å²) < 4.78 is 0. The van der Waals surface area contributed by atoms with Gasteiger partial charge in [-0.15, -0.1) is 11.8 Å². The summed E-state index contributed by atoms with van der Waals surface area (Å²) in [5.74, 6) is -0.555. The number of fused-ring (bicyclic) bond motifs is 1. The topological polar surface area (TPSA) is 77.8 Å². The van der Waals surface area contributed by atoms with Crippen LogP contribution in [-0.2, 0) is 0 Å². The molecule has 0 spiro atoms. The number of carbonyl (C=O) groups is 2. The van der Waals surface area contributed by atoms with Crippen LogP contribution in [0.4, 0.5) is 0 Å². The molecule has 0 aromatic heterocycles. The van der Waals surface area contributed by atoms with E-state index in [9.17, 15) is 19.8 Å². The normalized spacial score (nSPS) is 16.2. The third-order valence-corrected chi connectivity index (χ3v) is 5.07. The number of aliphatic hydroxyl groups excluding tert-OH is 2. The molecule has 2 amide bonds. The van der Waals surface area contributed by atoms with Crippen molar-refractivity contribution in [1.29, 1.82) is 0 Å². The average molecular weight is 343 g/mol. The summed E-state index contributed by atoms with van der Waals surface area (Å²) >= 11 is 1.42. The van der Waals surface area contributed by atoms with Crippen molar-refractivity contribution in [2.24, 2.45) is 0 Å². The SMILES string of the molecule is O=C1c2ccccc2C(=O)N1[C@@H](CSc1ccccc1)[C@@H](O)CO. The first-order valence-corrected chi connectivity index (χ1v) is 8.55. The van der Waals surface area contributed by atoms with Crippen molar-refractivity contribution in [1.82, 2.24) is 4.90 Å². The standard InChI is InChI=1S/C18H17NO4S/c20-10-16(21)15(11-24-12-6-2-1-3-7-12)19-17(22)13-8-4-5-9-14(13)18(19)23/h1-9,15-16,20-21H,10-11H2/t15-,16-/m0/s1. The molecule has 3 rings (SSSR count). The van der Waals surface area contributed by atoms with Gasteiger partial charge in [-0.1, -0.05) is 30.3 Å². The summed E-state index contributed by atoms with van der Waals surface area (Å²) in [6.45, 7) is -0.520. The summed E-state index contributed by atoms with van der Waals surface area (Å²) in [5, 5.41) is 19.5. The Morgan fingerprint density at radius 3 is 2.00 bits per heavy atom. The Morgan fingerprint density at radius 2 is 1.46 bits per heavy atom. The monoisotopic (exact) mass is 343 g/mol. The Balaban J connectivity index is 1.84. The zero-order valence-corrected chi connectivity index (χ0v) is 13.6. The van der Waals surface area contributed by atoms with Gasteiger partial charge in [0, 0.05) is 10.6 Å². The Hall–Kier alpha value is -2.15. The maximum Gasteiger partial charge on any atom is 0.261 e. The average Bonchev–Trinajstić information content (AvgIpc) is 2.88. The lowest BCUT2D eigenvalue weighted by molar-refractivity contribution is 0.0208. The minimum absolute atomic E-state index is 0.303. The zero-order chi connectivity index (χ0) is 17.1. The van der Waals surface area contributed by atoms with E-state index in [4.69, 9.17) is 0 Å². The molecule has 124 valence electrons. The predicted molar refractivity (Wildman–Crippen MR) is 91.0 cm³/mol. The number of thioether (sulfide) groups is 1. The van der Waals surface area contributed by atoms with E-state index in [-0.39, 0.29) is 0 Å². The van der Waals surface area contributed by atoms with Gasteiger partial charge in [-0.05, 0) is 24.3 Å². The van der Waals surface area contributed by atoms with Crippen molar-refractivity contribution in [3.05, 3.63) is 65.7 Å². The molecule has 2 aromatic rings. The molecule has 0 unspecified atom stereocenters. The highest BCUT2D eigenvalue weighted by Crippen LogP contribution is 2.29. The van der Waals surface area contributed by atoms with Gasteiger partial charge in [-0.3, -0.25) is 14.5 Å². The molecule has 24 heavy (non-hydrogen) atoms. The fourth-order valence-corrected chi connectivity index (χ4v) is 3.77. The lowest BCUT2D eigenvalue weighted by Gasteiger charge is -2.29. The maximum absolute atomic E-state index is 12.6. The molecule has 1 aliphatic rings. The maximum atomic E-state index is 12.6. The van der Waals surface area contributed by atoms with Crippen molar-refractivity contribution < 1.29 is 19.8 Å². The molecule has 2 N–H and O–H groups in total. The molecule has 1 aliphatic heterocycles. The Labute approximate surface area is 143 Å². The second-order valence-corrected chi connectivity index (χ2v) is 6.56. The van der Waals surface area contributed by atoms with Gasteiger partial charge in [0.05, 0.1) is 29.9 Å². The van der Waals surface area contributed by atoms with E-state index >= 15 is 0 Å². The smallest absolute Gasteiger partial charge is 0.261 e. The van der Waals surface area contributed by atoms with Crippen molar-refractivity contribution in [2.75, 3.05) is 12.4 Å². The van der Waals surface area contributed by atoms with E-state index < -0.39 is 30.6 Å². The molecule has 6 heteroatoms. The van der Waals surface area contributed by atoms with Gasteiger partial charge in [0.1, 0.15) is 0 Å². The highest BCUT2D eigenvalue weighted by Gasteiger charge is 2.42. The minimum atomic E-state index is -1.19. The van der Waals surface area contributed by atoms with Crippen LogP contribution in [0, 0.1) is 0 Å². The molecule has 2 atom stereocenters. The van der Waals surface area contributed by atoms with Crippen LogP contribution in [0.3, 0.4) is 0 Å². The van der Waals surface area contributed by atoms with Crippen LogP contribution in [0.2, 0.25) is 0 Å². The molecule has 0 saturated carbocycles. The number of carbonyl (C=O) groups excluding carboxylic acids is 2. The number of hydrogen-bond donors (Lipinski definition) is 2. The summed E-state index contributed by atoms with van der Waals surface area (Å²) in [7, 11) is 0. The third-order valence-electron chi connectivity index (χ3n) is 3.95. The van der Waals surface area contributed by atoms with Crippen LogP contribution >= 0.6 is 11.8 Å². The van der Waals surface area contributed by atoms with Crippen LogP contribution in [0.1, 0.15) is 20.7 Å². The van der Waals surface area contributed by atoms with E-state index in [1.807, 2.05) is 30.3 Å². The molecule has 0 radical (unpaired) electrons. The van der Waals surface area contributed by atoms with Gasteiger partial charge in [0.15, 0.2) is 0 Å². The Kier molecular flexibility index (Phi) is 4.99. The van der Waals surface area contributed by atoms with Gasteiger partial charge in [0.25, 0.3) is 11.8 Å². The second kappa shape index (κ2) is 7.17. The van der Waals surface area contributed by atoms with Crippen molar-refractivity contribution in [3.63, 3.8) is 0 Å². The number of hydrogen-bond acceptors (Lipinski definition) is 5. The van der Waals surface area contributed by atoms with E-state index in [1.165, 1.54) is 11.8 Å². The van der Waals surface area contributed by atoms with Gasteiger partial charge >= 0.3 is 0 Å². The third kappa shape index (κ3) is 3.08. The number of aliphatic hydroxyl groups is 2. The largest absolute Gasteiger partial charge is 0.394 e. The van der Waals surface area contributed by atoms with E-state index in [0.29, 0.717) is 16.9 Å². The van der Waals surface area contributed by atoms with Crippen LogP contribution < -0.4 is 0 Å². The quantitative estimate of drug-likeness (QED) is 0.618. The highest BCUT2D eigenvalue weighted by atomic mass is 32.2. The first kappa shape index (κ1) is 16.7. The first-order chi connectivity index (χ1) is 11.6. The second-order valence-electron chi connectivity index (χ2n) is 5.47. The number of amides is 2. The van der Waals surface area contributed by atoms with Crippen molar-refractivity contribution in [2.45, 2.75) is 17.0 Å². The van der Waals surface area contributed by atoms with Crippen LogP contribution in [0.25, 0.3) is 0 Å². The molecule has 1 heterocycles. The Morgan fingerprint density at radius 1 is 0.917 bits per heavy atom. The van der Waals surface area contributed by atoms with E-state index in [2.05, 4.69) is 0 Å². The fraction of sp³-hybridized carbons (Fsp3) is 0.222. The van der Waals surface area contributed by atoms with Gasteiger partial charge < -0.3 is 10.2 Å². The number of nitrogens with zero attached hydrogens (tertiary/aromatic N) is 1. The van der Waals surface area contributed by atoms with Crippen LogP contribution in [0.5, 0.6) is 0 Å². The molecule has 0 saturated heterocycles.